The first-order valence-electron chi connectivity index (χ1n) is 5.97. The fourth-order valence-corrected chi connectivity index (χ4v) is 2.22. The van der Waals surface area contributed by atoms with E-state index < -0.39 is 12.7 Å². The Morgan fingerprint density at radius 2 is 2.06 bits per heavy atom. The van der Waals surface area contributed by atoms with E-state index in [9.17, 15) is 13.2 Å². The van der Waals surface area contributed by atoms with Crippen LogP contribution in [0.4, 0.5) is 18.9 Å². The van der Waals surface area contributed by atoms with Crippen molar-refractivity contribution >= 4 is 5.69 Å². The molecule has 7 heteroatoms. The zero-order valence-corrected chi connectivity index (χ0v) is 10.2. The van der Waals surface area contributed by atoms with Crippen molar-refractivity contribution in [1.29, 1.82) is 0 Å². The van der Waals surface area contributed by atoms with Crippen LogP contribution in [0.25, 0.3) is 0 Å². The molecule has 0 bridgehead atoms. The van der Waals surface area contributed by atoms with Gasteiger partial charge < -0.3 is 5.32 Å². The standard InChI is InChI=1S/C11H17F3N4/c1-17-7-10(6-15-17)16-9-2-4-18(5-3-9)8-11(12,13)14/h6-7,9,16H,2-5,8H2,1H3. The molecule has 1 N–H and O–H groups in total. The average Bonchev–Trinajstić information content (AvgIpc) is 2.65. The van der Waals surface area contributed by atoms with E-state index in [1.54, 1.807) is 10.9 Å². The number of nitrogens with zero attached hydrogens (tertiary/aromatic N) is 3. The molecule has 0 atom stereocenters. The van der Waals surface area contributed by atoms with E-state index in [4.69, 9.17) is 0 Å². The lowest BCUT2D eigenvalue weighted by Crippen LogP contribution is -2.43. The van der Waals surface area contributed by atoms with Crippen LogP contribution < -0.4 is 5.32 Å². The molecule has 0 radical (unpaired) electrons. The summed E-state index contributed by atoms with van der Waals surface area (Å²) in [5.74, 6) is 0. The van der Waals surface area contributed by atoms with Gasteiger partial charge in [-0.25, -0.2) is 0 Å². The number of hydrogen-bond acceptors (Lipinski definition) is 3. The summed E-state index contributed by atoms with van der Waals surface area (Å²) in [5, 5.41) is 7.33. The zero-order valence-electron chi connectivity index (χ0n) is 10.2. The number of anilines is 1. The number of rotatable bonds is 3. The summed E-state index contributed by atoms with van der Waals surface area (Å²) in [6.45, 7) is 0.168. The lowest BCUT2D eigenvalue weighted by molar-refractivity contribution is -0.147. The van der Waals surface area contributed by atoms with Crippen LogP contribution in [-0.4, -0.2) is 46.5 Å². The molecule has 0 unspecified atom stereocenters. The van der Waals surface area contributed by atoms with Gasteiger partial charge in [-0.15, -0.1) is 0 Å². The van der Waals surface area contributed by atoms with Crippen molar-refractivity contribution in [3.05, 3.63) is 12.4 Å². The monoisotopic (exact) mass is 262 g/mol. The van der Waals surface area contributed by atoms with Crippen molar-refractivity contribution in [3.8, 4) is 0 Å². The maximum Gasteiger partial charge on any atom is 0.401 e. The molecule has 0 spiro atoms. The number of aromatic nitrogens is 2. The number of nitrogens with one attached hydrogen (secondary N) is 1. The minimum absolute atomic E-state index is 0.235. The molecule has 1 aliphatic heterocycles. The van der Waals surface area contributed by atoms with Crippen molar-refractivity contribution in [2.45, 2.75) is 25.1 Å². The Bertz CT molecular complexity index is 380. The zero-order chi connectivity index (χ0) is 13.2. The number of likely N-dealkylation sites (tertiary alicyclic amines) is 1. The third-order valence-electron chi connectivity index (χ3n) is 3.07. The van der Waals surface area contributed by atoms with E-state index >= 15 is 0 Å². The molecule has 1 aromatic heterocycles. The summed E-state index contributed by atoms with van der Waals surface area (Å²) in [5.41, 5.74) is 0.923. The van der Waals surface area contributed by atoms with Gasteiger partial charge in [0.1, 0.15) is 0 Å². The Kier molecular flexibility index (Phi) is 3.79. The first kappa shape index (κ1) is 13.2. The SMILES string of the molecule is Cn1cc(NC2CCN(CC(F)(F)F)CC2)cn1. The van der Waals surface area contributed by atoms with Crippen LogP contribution in [0.5, 0.6) is 0 Å². The number of piperidine rings is 1. The summed E-state index contributed by atoms with van der Waals surface area (Å²) in [4.78, 5) is 1.46. The topological polar surface area (TPSA) is 33.1 Å². The van der Waals surface area contributed by atoms with Gasteiger partial charge in [0.05, 0.1) is 18.4 Å². The molecule has 2 rings (SSSR count). The molecule has 1 fully saturated rings. The molecule has 1 aliphatic rings. The minimum Gasteiger partial charge on any atom is -0.380 e. The predicted octanol–water partition coefficient (Wildman–Crippen LogP) is 1.86. The van der Waals surface area contributed by atoms with E-state index in [1.165, 1.54) is 4.90 Å². The lowest BCUT2D eigenvalue weighted by atomic mass is 10.0. The molecule has 18 heavy (non-hydrogen) atoms. The predicted molar refractivity (Wildman–Crippen MR) is 62.3 cm³/mol. The summed E-state index contributed by atoms with van der Waals surface area (Å²) >= 11 is 0. The highest BCUT2D eigenvalue weighted by Crippen LogP contribution is 2.21. The normalized spacial score (nSPS) is 19.1. The third-order valence-corrected chi connectivity index (χ3v) is 3.07. The fraction of sp³-hybridized carbons (Fsp3) is 0.727. The van der Waals surface area contributed by atoms with Gasteiger partial charge in [0.15, 0.2) is 0 Å². The van der Waals surface area contributed by atoms with Crippen molar-refractivity contribution in [1.82, 2.24) is 14.7 Å². The van der Waals surface area contributed by atoms with Gasteiger partial charge in [0, 0.05) is 32.4 Å². The molecule has 0 aromatic carbocycles. The van der Waals surface area contributed by atoms with Crippen molar-refractivity contribution < 1.29 is 13.2 Å². The van der Waals surface area contributed by atoms with Crippen LogP contribution in [0.3, 0.4) is 0 Å². The minimum atomic E-state index is -4.09. The average molecular weight is 262 g/mol. The largest absolute Gasteiger partial charge is 0.401 e. The Hall–Kier alpha value is -1.24. The Balaban J connectivity index is 1.77. The van der Waals surface area contributed by atoms with Crippen LogP contribution in [0.15, 0.2) is 12.4 Å². The highest BCUT2D eigenvalue weighted by molar-refractivity contribution is 5.39. The number of hydrogen-bond donors (Lipinski definition) is 1. The molecule has 1 aromatic rings. The van der Waals surface area contributed by atoms with Gasteiger partial charge in [0.25, 0.3) is 0 Å². The molecular formula is C11H17F3N4. The Morgan fingerprint density at radius 3 is 2.56 bits per heavy atom. The highest BCUT2D eigenvalue weighted by Gasteiger charge is 2.32. The first-order chi connectivity index (χ1) is 8.42. The molecular weight excluding hydrogens is 245 g/mol. The smallest absolute Gasteiger partial charge is 0.380 e. The van der Waals surface area contributed by atoms with E-state index in [1.807, 2.05) is 13.2 Å². The summed E-state index contributed by atoms with van der Waals surface area (Å²) in [7, 11) is 1.83. The second-order valence-corrected chi connectivity index (χ2v) is 4.71. The second kappa shape index (κ2) is 5.17. The van der Waals surface area contributed by atoms with Gasteiger partial charge >= 0.3 is 6.18 Å². The van der Waals surface area contributed by atoms with E-state index in [0.29, 0.717) is 13.1 Å². The summed E-state index contributed by atoms with van der Waals surface area (Å²) in [6, 6.07) is 0.235. The van der Waals surface area contributed by atoms with Crippen LogP contribution in [0.2, 0.25) is 0 Å². The second-order valence-electron chi connectivity index (χ2n) is 4.71. The quantitative estimate of drug-likeness (QED) is 0.902. The number of alkyl halides is 3. The third kappa shape index (κ3) is 3.90. The molecule has 4 nitrogen and oxygen atoms in total. The highest BCUT2D eigenvalue weighted by atomic mass is 19.4. The molecule has 0 saturated carbocycles. The molecule has 0 aliphatic carbocycles. The Morgan fingerprint density at radius 1 is 1.39 bits per heavy atom. The van der Waals surface area contributed by atoms with Crippen molar-refractivity contribution in [2.24, 2.45) is 7.05 Å². The molecule has 102 valence electrons. The van der Waals surface area contributed by atoms with Crippen LogP contribution in [0, 0.1) is 0 Å². The molecule has 1 saturated heterocycles. The van der Waals surface area contributed by atoms with Gasteiger partial charge in [-0.05, 0) is 12.8 Å². The van der Waals surface area contributed by atoms with E-state index in [-0.39, 0.29) is 6.04 Å². The molecule has 2 heterocycles. The maximum atomic E-state index is 12.2. The number of halogens is 3. The molecule has 0 amide bonds. The van der Waals surface area contributed by atoms with E-state index in [2.05, 4.69) is 10.4 Å². The summed E-state index contributed by atoms with van der Waals surface area (Å²) in [6.07, 6.45) is 0.948. The Labute approximate surface area is 104 Å². The fourth-order valence-electron chi connectivity index (χ4n) is 2.22. The van der Waals surface area contributed by atoms with Gasteiger partial charge in [-0.2, -0.15) is 18.3 Å². The van der Waals surface area contributed by atoms with Crippen molar-refractivity contribution in [2.75, 3.05) is 25.0 Å². The maximum absolute atomic E-state index is 12.2. The van der Waals surface area contributed by atoms with Crippen LogP contribution in [0.1, 0.15) is 12.8 Å². The van der Waals surface area contributed by atoms with Gasteiger partial charge in [-0.1, -0.05) is 0 Å². The van der Waals surface area contributed by atoms with Gasteiger partial charge in [0.2, 0.25) is 0 Å². The van der Waals surface area contributed by atoms with Gasteiger partial charge in [-0.3, -0.25) is 9.58 Å². The summed E-state index contributed by atoms with van der Waals surface area (Å²) < 4.78 is 38.4. The lowest BCUT2D eigenvalue weighted by Gasteiger charge is -2.32. The van der Waals surface area contributed by atoms with Crippen LogP contribution in [-0.2, 0) is 7.05 Å². The first-order valence-corrected chi connectivity index (χ1v) is 5.97. The number of aryl methyl sites for hydroxylation is 1. The van der Waals surface area contributed by atoms with E-state index in [0.717, 1.165) is 18.5 Å². The van der Waals surface area contributed by atoms with Crippen LogP contribution >= 0.6 is 0 Å². The van der Waals surface area contributed by atoms with Crippen molar-refractivity contribution in [3.63, 3.8) is 0 Å².